The van der Waals surface area contributed by atoms with Crippen molar-refractivity contribution in [3.8, 4) is 0 Å². The molecule has 6 nitrogen and oxygen atoms in total. The molecule has 3 amide bonds. The third-order valence-corrected chi connectivity index (χ3v) is 6.06. The lowest BCUT2D eigenvalue weighted by molar-refractivity contribution is -0.131. The largest absolute Gasteiger partial charge is 0.423 e. The zero-order valence-corrected chi connectivity index (χ0v) is 17.3. The van der Waals surface area contributed by atoms with Crippen LogP contribution in [-0.2, 0) is 16.9 Å². The van der Waals surface area contributed by atoms with E-state index >= 15 is 0 Å². The molecule has 1 unspecified atom stereocenters. The van der Waals surface area contributed by atoms with Crippen molar-refractivity contribution in [3.05, 3.63) is 93.3 Å². The van der Waals surface area contributed by atoms with Crippen LogP contribution < -0.4 is 10.9 Å². The van der Waals surface area contributed by atoms with E-state index in [1.807, 2.05) is 30.3 Å². The van der Waals surface area contributed by atoms with Crippen molar-refractivity contribution in [3.63, 3.8) is 0 Å². The van der Waals surface area contributed by atoms with Gasteiger partial charge < -0.3 is 9.73 Å². The number of benzene rings is 3. The van der Waals surface area contributed by atoms with Crippen molar-refractivity contribution in [1.29, 1.82) is 0 Å². The molecule has 0 spiro atoms. The first-order valence-electron chi connectivity index (χ1n) is 9.72. The van der Waals surface area contributed by atoms with Crippen molar-refractivity contribution < 1.29 is 14.0 Å². The quantitative estimate of drug-likeness (QED) is 0.292. The maximum atomic E-state index is 13.4. The van der Waals surface area contributed by atoms with Gasteiger partial charge in [-0.3, -0.25) is 9.69 Å². The Morgan fingerprint density at radius 3 is 2.55 bits per heavy atom. The molecular weight excluding hydrogens is 416 g/mol. The number of rotatable bonds is 3. The van der Waals surface area contributed by atoms with Crippen LogP contribution in [0.2, 0.25) is 5.02 Å². The molecule has 31 heavy (non-hydrogen) atoms. The highest BCUT2D eigenvalue weighted by molar-refractivity contribution is 6.32. The highest BCUT2D eigenvalue weighted by Crippen LogP contribution is 2.35. The van der Waals surface area contributed by atoms with Crippen LogP contribution in [0.3, 0.4) is 0 Å². The number of nitrogens with one attached hydrogen (secondary N) is 1. The van der Waals surface area contributed by atoms with Crippen molar-refractivity contribution in [2.45, 2.75) is 19.0 Å². The highest BCUT2D eigenvalue weighted by atomic mass is 35.5. The molecule has 154 valence electrons. The Bertz CT molecular complexity index is 1440. The van der Waals surface area contributed by atoms with Gasteiger partial charge in [-0.15, -0.1) is 0 Å². The predicted molar refractivity (Wildman–Crippen MR) is 118 cm³/mol. The molecule has 1 N–H and O–H groups in total. The van der Waals surface area contributed by atoms with Gasteiger partial charge in [-0.25, -0.2) is 9.59 Å². The number of carbonyl (C=O) groups is 2. The average Bonchev–Trinajstić information content (AvgIpc) is 2.97. The number of nitrogens with zero attached hydrogens (tertiary/aromatic N) is 1. The van der Waals surface area contributed by atoms with Crippen LogP contribution >= 0.6 is 11.6 Å². The van der Waals surface area contributed by atoms with Crippen molar-refractivity contribution in [2.24, 2.45) is 0 Å². The first-order chi connectivity index (χ1) is 14.9. The fourth-order valence-corrected chi connectivity index (χ4v) is 4.53. The first kappa shape index (κ1) is 19.3. The summed E-state index contributed by atoms with van der Waals surface area (Å²) in [5.74, 6) is -0.438. The molecule has 1 aliphatic rings. The second kappa shape index (κ2) is 6.96. The van der Waals surface area contributed by atoms with Gasteiger partial charge in [0, 0.05) is 22.0 Å². The van der Waals surface area contributed by atoms with E-state index in [0.717, 1.165) is 15.7 Å². The van der Waals surface area contributed by atoms with E-state index in [1.54, 1.807) is 37.3 Å². The minimum Gasteiger partial charge on any atom is -0.423 e. The molecule has 1 fully saturated rings. The van der Waals surface area contributed by atoms with Gasteiger partial charge in [0.25, 0.3) is 5.91 Å². The van der Waals surface area contributed by atoms with Gasteiger partial charge in [0.05, 0.1) is 6.54 Å². The van der Waals surface area contributed by atoms with E-state index in [4.69, 9.17) is 16.0 Å². The number of hydrogen-bond donors (Lipinski definition) is 1. The summed E-state index contributed by atoms with van der Waals surface area (Å²) in [4.78, 5) is 39.5. The molecule has 1 atom stereocenters. The van der Waals surface area contributed by atoms with Gasteiger partial charge in [-0.05, 0) is 35.4 Å². The van der Waals surface area contributed by atoms with Gasteiger partial charge in [-0.2, -0.15) is 0 Å². The van der Waals surface area contributed by atoms with E-state index < -0.39 is 23.1 Å². The summed E-state index contributed by atoms with van der Waals surface area (Å²) in [6.45, 7) is 1.56. The maximum Gasteiger partial charge on any atom is 0.336 e. The van der Waals surface area contributed by atoms with Gasteiger partial charge in [0.15, 0.2) is 0 Å². The number of carbonyl (C=O) groups excluding carboxylic acids is 2. The normalized spacial score (nSPS) is 18.7. The fraction of sp³-hybridized carbons (Fsp3) is 0.125. The zero-order chi connectivity index (χ0) is 21.8. The SMILES string of the molecule is CC1(c2ccccc2Cl)NC(=O)N(Cc2cc(=O)oc3ccc4ccccc4c23)C1=O. The Kier molecular flexibility index (Phi) is 4.34. The fourth-order valence-electron chi connectivity index (χ4n) is 4.20. The molecule has 2 heterocycles. The Labute approximate surface area is 182 Å². The Morgan fingerprint density at radius 1 is 1.00 bits per heavy atom. The summed E-state index contributed by atoms with van der Waals surface area (Å²) in [6, 6.07) is 19.0. The van der Waals surface area contributed by atoms with Crippen LogP contribution in [0, 0.1) is 0 Å². The van der Waals surface area contributed by atoms with Gasteiger partial charge >= 0.3 is 11.7 Å². The molecule has 0 radical (unpaired) electrons. The lowest BCUT2D eigenvalue weighted by atomic mass is 9.92. The number of halogens is 1. The number of amides is 3. The number of hydrogen-bond acceptors (Lipinski definition) is 4. The molecule has 0 aliphatic carbocycles. The summed E-state index contributed by atoms with van der Waals surface area (Å²) in [5, 5.41) is 5.68. The van der Waals surface area contributed by atoms with Crippen LogP contribution in [0.5, 0.6) is 0 Å². The van der Waals surface area contributed by atoms with Gasteiger partial charge in [0.2, 0.25) is 0 Å². The minimum absolute atomic E-state index is 0.0686. The highest BCUT2D eigenvalue weighted by Gasteiger charge is 2.49. The summed E-state index contributed by atoms with van der Waals surface area (Å²) >= 11 is 6.30. The predicted octanol–water partition coefficient (Wildman–Crippen LogP) is 4.57. The van der Waals surface area contributed by atoms with Crippen LogP contribution in [-0.4, -0.2) is 16.8 Å². The summed E-state index contributed by atoms with van der Waals surface area (Å²) in [5.41, 5.74) is -0.386. The van der Waals surface area contributed by atoms with Gasteiger partial charge in [-0.1, -0.05) is 60.1 Å². The molecule has 1 aromatic heterocycles. The minimum atomic E-state index is -1.30. The smallest absolute Gasteiger partial charge is 0.336 e. The molecule has 5 rings (SSSR count). The summed E-state index contributed by atoms with van der Waals surface area (Å²) < 4.78 is 5.38. The van der Waals surface area contributed by atoms with Gasteiger partial charge in [0.1, 0.15) is 11.1 Å². The van der Waals surface area contributed by atoms with E-state index in [1.165, 1.54) is 6.07 Å². The molecule has 0 saturated carbocycles. The standard InChI is InChI=1S/C24H17ClN2O4/c1-24(17-8-4-5-9-18(17)25)22(29)27(23(30)26-24)13-15-12-20(28)31-19-11-10-14-6-2-3-7-16(14)21(15)19/h2-12H,13H2,1H3,(H,26,30). The van der Waals surface area contributed by atoms with Crippen molar-refractivity contribution >= 4 is 45.3 Å². The van der Waals surface area contributed by atoms with Crippen molar-refractivity contribution in [2.75, 3.05) is 0 Å². The van der Waals surface area contributed by atoms with E-state index in [0.29, 0.717) is 27.1 Å². The molecule has 7 heteroatoms. The average molecular weight is 433 g/mol. The molecule has 0 bridgehead atoms. The second-order valence-corrected chi connectivity index (χ2v) is 8.08. The zero-order valence-electron chi connectivity index (χ0n) is 16.5. The second-order valence-electron chi connectivity index (χ2n) is 7.68. The molecular formula is C24H17ClN2O4. The Morgan fingerprint density at radius 2 is 1.74 bits per heavy atom. The van der Waals surface area contributed by atoms with E-state index in [-0.39, 0.29) is 6.54 Å². The molecule has 1 saturated heterocycles. The third-order valence-electron chi connectivity index (χ3n) is 5.73. The first-order valence-corrected chi connectivity index (χ1v) is 10.1. The van der Waals surface area contributed by atoms with E-state index in [9.17, 15) is 14.4 Å². The number of imide groups is 1. The number of fused-ring (bicyclic) bond motifs is 3. The Balaban J connectivity index is 1.63. The monoisotopic (exact) mass is 432 g/mol. The maximum absolute atomic E-state index is 13.4. The molecule has 1 aliphatic heterocycles. The molecule has 3 aromatic carbocycles. The number of urea groups is 1. The topological polar surface area (TPSA) is 79.6 Å². The lowest BCUT2D eigenvalue weighted by Crippen LogP contribution is -2.41. The lowest BCUT2D eigenvalue weighted by Gasteiger charge is -2.23. The molecule has 4 aromatic rings. The Hall–Kier alpha value is -3.64. The summed E-state index contributed by atoms with van der Waals surface area (Å²) in [7, 11) is 0. The van der Waals surface area contributed by atoms with Crippen LogP contribution in [0.15, 0.2) is 75.9 Å². The van der Waals surface area contributed by atoms with Crippen LogP contribution in [0.1, 0.15) is 18.1 Å². The van der Waals surface area contributed by atoms with Crippen LogP contribution in [0.4, 0.5) is 4.79 Å². The van der Waals surface area contributed by atoms with Crippen LogP contribution in [0.25, 0.3) is 21.7 Å². The third kappa shape index (κ3) is 2.99. The van der Waals surface area contributed by atoms with E-state index in [2.05, 4.69) is 5.32 Å². The van der Waals surface area contributed by atoms with Crippen molar-refractivity contribution in [1.82, 2.24) is 10.2 Å². The summed E-state index contributed by atoms with van der Waals surface area (Å²) in [6.07, 6.45) is 0.